The van der Waals surface area contributed by atoms with Gasteiger partial charge in [0.2, 0.25) is 0 Å². The fraction of sp³-hybridized carbons (Fsp3) is 0.417. The number of unbranched alkanes of at least 4 members (excludes halogenated alkanes) is 1. The molecular formula is C12H18N2O3. The third kappa shape index (κ3) is 4.74. The number of carbonyl (C=O) groups is 1. The van der Waals surface area contributed by atoms with Crippen molar-refractivity contribution >= 4 is 11.7 Å². The van der Waals surface area contributed by atoms with Crippen LogP contribution in [-0.2, 0) is 4.79 Å². The minimum Gasteiger partial charge on any atom is -0.508 e. The van der Waals surface area contributed by atoms with Gasteiger partial charge in [-0.05, 0) is 50.1 Å². The normalized spacial score (nSPS) is 12.1. The highest BCUT2D eigenvalue weighted by atomic mass is 16.4. The highest BCUT2D eigenvalue weighted by molar-refractivity contribution is 5.77. The number of benzene rings is 1. The first-order valence-corrected chi connectivity index (χ1v) is 5.62. The van der Waals surface area contributed by atoms with Crippen molar-refractivity contribution in [2.45, 2.75) is 25.3 Å². The van der Waals surface area contributed by atoms with Gasteiger partial charge in [-0.1, -0.05) is 0 Å². The van der Waals surface area contributed by atoms with Crippen molar-refractivity contribution in [3.63, 3.8) is 0 Å². The smallest absolute Gasteiger partial charge is 0.326 e. The Balaban J connectivity index is 2.54. The van der Waals surface area contributed by atoms with Gasteiger partial charge in [-0.15, -0.1) is 0 Å². The van der Waals surface area contributed by atoms with Crippen molar-refractivity contribution in [2.24, 2.45) is 5.73 Å². The van der Waals surface area contributed by atoms with Gasteiger partial charge in [0.15, 0.2) is 0 Å². The maximum absolute atomic E-state index is 11.0. The number of carboxylic acid groups (broad SMARTS) is 1. The lowest BCUT2D eigenvalue weighted by Gasteiger charge is -2.15. The molecule has 0 fully saturated rings. The van der Waals surface area contributed by atoms with Gasteiger partial charge < -0.3 is 21.3 Å². The molecule has 1 atom stereocenters. The highest BCUT2D eigenvalue weighted by Crippen LogP contribution is 2.16. The van der Waals surface area contributed by atoms with Crippen molar-refractivity contribution in [1.29, 1.82) is 0 Å². The van der Waals surface area contributed by atoms with E-state index < -0.39 is 12.0 Å². The number of aliphatic carboxylic acids is 1. The van der Waals surface area contributed by atoms with Crippen LogP contribution in [0, 0.1) is 0 Å². The first kappa shape index (κ1) is 13.3. The Kier molecular flexibility index (Phi) is 5.29. The summed E-state index contributed by atoms with van der Waals surface area (Å²) in [6.45, 7) is 0.575. The van der Waals surface area contributed by atoms with E-state index in [1.807, 2.05) is 0 Å². The zero-order valence-corrected chi connectivity index (χ0v) is 9.60. The fourth-order valence-electron chi connectivity index (χ4n) is 1.51. The summed E-state index contributed by atoms with van der Waals surface area (Å²) < 4.78 is 0. The predicted octanol–water partition coefficient (Wildman–Crippen LogP) is 1.39. The SMILES string of the molecule is NCCCC[C@H](Nc1ccc(O)cc1)C(=O)O. The Morgan fingerprint density at radius 2 is 1.94 bits per heavy atom. The van der Waals surface area contributed by atoms with Gasteiger partial charge in [-0.2, -0.15) is 0 Å². The molecule has 0 radical (unpaired) electrons. The average Bonchev–Trinajstić information content (AvgIpc) is 2.30. The highest BCUT2D eigenvalue weighted by Gasteiger charge is 2.16. The number of hydrogen-bond acceptors (Lipinski definition) is 4. The Labute approximate surface area is 100 Å². The summed E-state index contributed by atoms with van der Waals surface area (Å²) in [6, 6.07) is 5.70. The van der Waals surface area contributed by atoms with Gasteiger partial charge in [0.1, 0.15) is 11.8 Å². The molecule has 0 heterocycles. The van der Waals surface area contributed by atoms with Gasteiger partial charge in [-0.3, -0.25) is 0 Å². The van der Waals surface area contributed by atoms with E-state index in [0.717, 1.165) is 12.8 Å². The molecule has 17 heavy (non-hydrogen) atoms. The molecule has 0 aliphatic carbocycles. The molecule has 0 unspecified atom stereocenters. The second kappa shape index (κ2) is 6.75. The maximum atomic E-state index is 11.0. The minimum absolute atomic E-state index is 0.158. The van der Waals surface area contributed by atoms with Crippen LogP contribution < -0.4 is 11.1 Å². The molecule has 0 aliphatic heterocycles. The van der Waals surface area contributed by atoms with E-state index in [0.29, 0.717) is 18.7 Å². The number of carboxylic acids is 1. The number of phenolic OH excluding ortho intramolecular Hbond substituents is 1. The standard InChI is InChI=1S/C12H18N2O3/c13-8-2-1-3-11(12(16)17)14-9-4-6-10(15)7-5-9/h4-7,11,14-15H,1-3,8,13H2,(H,16,17)/t11-/m0/s1. The molecule has 0 aromatic heterocycles. The molecule has 5 N–H and O–H groups in total. The van der Waals surface area contributed by atoms with Crippen molar-refractivity contribution in [3.05, 3.63) is 24.3 Å². The minimum atomic E-state index is -0.880. The number of nitrogens with two attached hydrogens (primary N) is 1. The molecule has 0 saturated heterocycles. The number of hydrogen-bond donors (Lipinski definition) is 4. The topological polar surface area (TPSA) is 95.6 Å². The quantitative estimate of drug-likeness (QED) is 0.425. The zero-order chi connectivity index (χ0) is 12.7. The molecule has 1 aromatic rings. The van der Waals surface area contributed by atoms with Gasteiger partial charge in [0, 0.05) is 5.69 Å². The van der Waals surface area contributed by atoms with Crippen molar-refractivity contribution < 1.29 is 15.0 Å². The van der Waals surface area contributed by atoms with Crippen LogP contribution in [0.25, 0.3) is 0 Å². The molecule has 1 rings (SSSR count). The van der Waals surface area contributed by atoms with Crippen LogP contribution in [-0.4, -0.2) is 28.8 Å². The Morgan fingerprint density at radius 3 is 2.47 bits per heavy atom. The number of aromatic hydroxyl groups is 1. The molecule has 1 aromatic carbocycles. The Bertz CT molecular complexity index is 351. The number of phenols is 1. The molecule has 0 aliphatic rings. The predicted molar refractivity (Wildman–Crippen MR) is 66.1 cm³/mol. The monoisotopic (exact) mass is 238 g/mol. The molecule has 0 bridgehead atoms. The molecule has 0 spiro atoms. The van der Waals surface area contributed by atoms with Gasteiger partial charge in [0.25, 0.3) is 0 Å². The lowest BCUT2D eigenvalue weighted by molar-refractivity contribution is -0.138. The van der Waals surface area contributed by atoms with Crippen LogP contribution in [0.15, 0.2) is 24.3 Å². The summed E-state index contributed by atoms with van der Waals surface area (Å²) >= 11 is 0. The van der Waals surface area contributed by atoms with Crippen LogP contribution >= 0.6 is 0 Å². The summed E-state index contributed by atoms with van der Waals surface area (Å²) in [5.41, 5.74) is 6.05. The largest absolute Gasteiger partial charge is 0.508 e. The van der Waals surface area contributed by atoms with E-state index in [9.17, 15) is 4.79 Å². The number of nitrogens with one attached hydrogen (secondary N) is 1. The van der Waals surface area contributed by atoms with E-state index >= 15 is 0 Å². The lowest BCUT2D eigenvalue weighted by Crippen LogP contribution is -2.29. The molecular weight excluding hydrogens is 220 g/mol. The summed E-state index contributed by atoms with van der Waals surface area (Å²) in [7, 11) is 0. The summed E-state index contributed by atoms with van der Waals surface area (Å²) in [4.78, 5) is 11.0. The summed E-state index contributed by atoms with van der Waals surface area (Å²) in [5.74, 6) is -0.722. The van der Waals surface area contributed by atoms with Gasteiger partial charge in [0.05, 0.1) is 0 Å². The zero-order valence-electron chi connectivity index (χ0n) is 9.60. The van der Waals surface area contributed by atoms with Crippen molar-refractivity contribution in [2.75, 3.05) is 11.9 Å². The van der Waals surface area contributed by atoms with E-state index in [1.54, 1.807) is 12.1 Å². The summed E-state index contributed by atoms with van der Waals surface area (Å²) in [5, 5.41) is 21.1. The van der Waals surface area contributed by atoms with Gasteiger partial charge in [-0.25, -0.2) is 4.79 Å². The first-order valence-electron chi connectivity index (χ1n) is 5.62. The van der Waals surface area contributed by atoms with Crippen molar-refractivity contribution in [3.8, 4) is 5.75 Å². The second-order valence-electron chi connectivity index (χ2n) is 3.87. The van der Waals surface area contributed by atoms with Crippen LogP contribution in [0.5, 0.6) is 5.75 Å². The molecule has 0 amide bonds. The number of rotatable bonds is 7. The first-order chi connectivity index (χ1) is 8.13. The Morgan fingerprint density at radius 1 is 1.29 bits per heavy atom. The average molecular weight is 238 g/mol. The third-order valence-electron chi connectivity index (χ3n) is 2.45. The van der Waals surface area contributed by atoms with E-state index in [-0.39, 0.29) is 5.75 Å². The van der Waals surface area contributed by atoms with E-state index in [2.05, 4.69) is 5.32 Å². The van der Waals surface area contributed by atoms with E-state index in [1.165, 1.54) is 12.1 Å². The molecule has 94 valence electrons. The fourth-order valence-corrected chi connectivity index (χ4v) is 1.51. The Hall–Kier alpha value is -1.75. The third-order valence-corrected chi connectivity index (χ3v) is 2.45. The second-order valence-corrected chi connectivity index (χ2v) is 3.87. The molecule has 5 nitrogen and oxygen atoms in total. The molecule has 5 heteroatoms. The van der Waals surface area contributed by atoms with Crippen molar-refractivity contribution in [1.82, 2.24) is 0 Å². The van der Waals surface area contributed by atoms with Crippen LogP contribution in [0.1, 0.15) is 19.3 Å². The number of anilines is 1. The molecule has 0 saturated carbocycles. The van der Waals surface area contributed by atoms with E-state index in [4.69, 9.17) is 15.9 Å². The van der Waals surface area contributed by atoms with Crippen LogP contribution in [0.4, 0.5) is 5.69 Å². The summed E-state index contributed by atoms with van der Waals surface area (Å²) in [6.07, 6.45) is 2.13. The lowest BCUT2D eigenvalue weighted by atomic mass is 10.1. The van der Waals surface area contributed by atoms with Crippen LogP contribution in [0.2, 0.25) is 0 Å². The van der Waals surface area contributed by atoms with Gasteiger partial charge >= 0.3 is 5.97 Å². The van der Waals surface area contributed by atoms with Crippen LogP contribution in [0.3, 0.4) is 0 Å². The maximum Gasteiger partial charge on any atom is 0.326 e.